The lowest BCUT2D eigenvalue weighted by Gasteiger charge is -2.19. The van der Waals surface area contributed by atoms with Crippen LogP contribution in [0.5, 0.6) is 0 Å². The van der Waals surface area contributed by atoms with Crippen LogP contribution in [-0.4, -0.2) is 6.18 Å². The Kier molecular flexibility index (Phi) is 3.25. The minimum absolute atomic E-state index is 0.480. The summed E-state index contributed by atoms with van der Waals surface area (Å²) in [6.07, 6.45) is -4.71. The molecule has 0 fully saturated rings. The van der Waals surface area contributed by atoms with Crippen molar-refractivity contribution >= 4 is 0 Å². The molecule has 0 bridgehead atoms. The van der Waals surface area contributed by atoms with Crippen LogP contribution in [0.15, 0.2) is 18.2 Å². The molecule has 15 heavy (non-hydrogen) atoms. The van der Waals surface area contributed by atoms with Gasteiger partial charge in [-0.2, -0.15) is 13.2 Å². The van der Waals surface area contributed by atoms with Gasteiger partial charge in [0, 0.05) is 6.07 Å². The summed E-state index contributed by atoms with van der Waals surface area (Å²) in [4.78, 5) is 0. The second-order valence-corrected chi connectivity index (χ2v) is 2.84. The molecule has 3 N–H and O–H groups in total. The molecular formula is C8H7F5N2. The van der Waals surface area contributed by atoms with Crippen LogP contribution in [0.2, 0.25) is 0 Å². The lowest BCUT2D eigenvalue weighted by molar-refractivity contribution is -0.157. The monoisotopic (exact) mass is 226 g/mol. The number of halogens is 5. The average molecular weight is 226 g/mol. The summed E-state index contributed by atoms with van der Waals surface area (Å²) in [5, 5.41) is 0. The van der Waals surface area contributed by atoms with Gasteiger partial charge in [0.05, 0.1) is 0 Å². The van der Waals surface area contributed by atoms with E-state index in [0.29, 0.717) is 18.2 Å². The van der Waals surface area contributed by atoms with Crippen molar-refractivity contribution in [2.45, 2.75) is 12.2 Å². The predicted octanol–water partition coefficient (Wildman–Crippen LogP) is 2.03. The average Bonchev–Trinajstić information content (AvgIpc) is 1.99. The summed E-state index contributed by atoms with van der Waals surface area (Å²) >= 11 is 0. The molecule has 0 radical (unpaired) electrons. The molecule has 0 spiro atoms. The molecule has 1 rings (SSSR count). The zero-order chi connectivity index (χ0) is 11.6. The molecule has 1 atom stereocenters. The highest BCUT2D eigenvalue weighted by molar-refractivity contribution is 5.22. The van der Waals surface area contributed by atoms with Gasteiger partial charge < -0.3 is 0 Å². The summed E-state index contributed by atoms with van der Waals surface area (Å²) in [5.74, 6) is 2.50. The number of rotatable bonds is 2. The minimum atomic E-state index is -4.71. The van der Waals surface area contributed by atoms with Gasteiger partial charge in [0.25, 0.3) is 0 Å². The largest absolute Gasteiger partial charge is 0.409 e. The molecular weight excluding hydrogens is 219 g/mol. The van der Waals surface area contributed by atoms with Crippen LogP contribution in [0.25, 0.3) is 0 Å². The van der Waals surface area contributed by atoms with E-state index in [0.717, 1.165) is 0 Å². The van der Waals surface area contributed by atoms with E-state index in [-0.39, 0.29) is 0 Å². The van der Waals surface area contributed by atoms with Crippen molar-refractivity contribution in [1.82, 2.24) is 5.43 Å². The zero-order valence-corrected chi connectivity index (χ0v) is 7.28. The maximum atomic E-state index is 12.6. The van der Waals surface area contributed by atoms with Crippen LogP contribution in [0.1, 0.15) is 11.6 Å². The standard InChI is InChI=1S/C8H7F5N2/c9-5-1-4(2-6(10)3-5)7(15-14)8(11,12)13/h1-3,7,15H,14H2/t7-/m1/s1. The van der Waals surface area contributed by atoms with E-state index in [2.05, 4.69) is 5.84 Å². The van der Waals surface area contributed by atoms with Crippen LogP contribution >= 0.6 is 0 Å². The molecule has 0 saturated carbocycles. The summed E-state index contributed by atoms with van der Waals surface area (Å²) in [6, 6.07) is -0.668. The fraction of sp³-hybridized carbons (Fsp3) is 0.250. The normalized spacial score (nSPS) is 14.0. The summed E-state index contributed by atoms with van der Waals surface area (Å²) in [6.45, 7) is 0. The lowest BCUT2D eigenvalue weighted by atomic mass is 10.1. The topological polar surface area (TPSA) is 38.0 Å². The van der Waals surface area contributed by atoms with Gasteiger partial charge >= 0.3 is 6.18 Å². The quantitative estimate of drug-likeness (QED) is 0.460. The first-order chi connectivity index (χ1) is 6.84. The molecule has 0 unspecified atom stereocenters. The highest BCUT2D eigenvalue weighted by Crippen LogP contribution is 2.32. The van der Waals surface area contributed by atoms with Crippen molar-refractivity contribution < 1.29 is 22.0 Å². The highest BCUT2D eigenvalue weighted by atomic mass is 19.4. The first kappa shape index (κ1) is 11.9. The van der Waals surface area contributed by atoms with Crippen LogP contribution in [0, 0.1) is 11.6 Å². The van der Waals surface area contributed by atoms with Gasteiger partial charge in [0.15, 0.2) is 0 Å². The number of nitrogens with two attached hydrogens (primary N) is 1. The van der Waals surface area contributed by atoms with E-state index < -0.39 is 29.4 Å². The third-order valence-corrected chi connectivity index (χ3v) is 1.71. The number of benzene rings is 1. The second-order valence-electron chi connectivity index (χ2n) is 2.84. The number of hydrazine groups is 1. The van der Waals surface area contributed by atoms with E-state index in [4.69, 9.17) is 0 Å². The Morgan fingerprint density at radius 1 is 1.07 bits per heavy atom. The van der Waals surface area contributed by atoms with Crippen molar-refractivity contribution in [3.05, 3.63) is 35.4 Å². The van der Waals surface area contributed by atoms with Crippen molar-refractivity contribution in [2.24, 2.45) is 5.84 Å². The summed E-state index contributed by atoms with van der Waals surface area (Å²) in [5.41, 5.74) is 0.846. The van der Waals surface area contributed by atoms with Gasteiger partial charge in [-0.15, -0.1) is 0 Å². The molecule has 0 amide bonds. The molecule has 0 aromatic heterocycles. The molecule has 84 valence electrons. The minimum Gasteiger partial charge on any atom is -0.271 e. The SMILES string of the molecule is NN[C@H](c1cc(F)cc(F)c1)C(F)(F)F. The predicted molar refractivity (Wildman–Crippen MR) is 42.5 cm³/mol. The fourth-order valence-electron chi connectivity index (χ4n) is 1.12. The molecule has 1 aromatic carbocycles. The van der Waals surface area contributed by atoms with Gasteiger partial charge in [-0.3, -0.25) is 5.84 Å². The Hall–Kier alpha value is -1.21. The third kappa shape index (κ3) is 2.87. The highest BCUT2D eigenvalue weighted by Gasteiger charge is 2.40. The van der Waals surface area contributed by atoms with Gasteiger partial charge in [0.2, 0.25) is 0 Å². The maximum absolute atomic E-state index is 12.6. The molecule has 2 nitrogen and oxygen atoms in total. The number of alkyl halides is 3. The zero-order valence-electron chi connectivity index (χ0n) is 7.28. The van der Waals surface area contributed by atoms with E-state index in [1.807, 2.05) is 0 Å². The molecule has 0 saturated heterocycles. The van der Waals surface area contributed by atoms with Crippen LogP contribution in [-0.2, 0) is 0 Å². The van der Waals surface area contributed by atoms with Crippen molar-refractivity contribution in [3.63, 3.8) is 0 Å². The first-order valence-electron chi connectivity index (χ1n) is 3.83. The third-order valence-electron chi connectivity index (χ3n) is 1.71. The summed E-state index contributed by atoms with van der Waals surface area (Å²) in [7, 11) is 0. The number of hydrogen-bond donors (Lipinski definition) is 2. The Balaban J connectivity index is 3.13. The van der Waals surface area contributed by atoms with Gasteiger partial charge in [0.1, 0.15) is 17.7 Å². The van der Waals surface area contributed by atoms with Crippen LogP contribution < -0.4 is 11.3 Å². The smallest absolute Gasteiger partial charge is 0.271 e. The fourth-order valence-corrected chi connectivity index (χ4v) is 1.12. The van der Waals surface area contributed by atoms with Crippen molar-refractivity contribution in [3.8, 4) is 0 Å². The Morgan fingerprint density at radius 2 is 1.53 bits per heavy atom. The van der Waals surface area contributed by atoms with E-state index in [9.17, 15) is 22.0 Å². The van der Waals surface area contributed by atoms with Crippen molar-refractivity contribution in [2.75, 3.05) is 0 Å². The lowest BCUT2D eigenvalue weighted by Crippen LogP contribution is -2.38. The van der Waals surface area contributed by atoms with Gasteiger partial charge in [-0.05, 0) is 17.7 Å². The van der Waals surface area contributed by atoms with Crippen molar-refractivity contribution in [1.29, 1.82) is 0 Å². The maximum Gasteiger partial charge on any atom is 0.409 e. The molecule has 0 heterocycles. The Morgan fingerprint density at radius 3 is 1.87 bits per heavy atom. The molecule has 7 heteroatoms. The van der Waals surface area contributed by atoms with Crippen LogP contribution in [0.3, 0.4) is 0 Å². The first-order valence-corrected chi connectivity index (χ1v) is 3.83. The number of nitrogens with one attached hydrogen (secondary N) is 1. The van der Waals surface area contributed by atoms with E-state index in [1.165, 1.54) is 5.43 Å². The van der Waals surface area contributed by atoms with Crippen LogP contribution in [0.4, 0.5) is 22.0 Å². The molecule has 1 aromatic rings. The van der Waals surface area contributed by atoms with Gasteiger partial charge in [-0.1, -0.05) is 0 Å². The molecule has 0 aliphatic rings. The Bertz CT molecular complexity index is 329. The van der Waals surface area contributed by atoms with E-state index in [1.54, 1.807) is 0 Å². The Labute approximate surface area is 81.8 Å². The summed E-state index contributed by atoms with van der Waals surface area (Å²) < 4.78 is 62.1. The van der Waals surface area contributed by atoms with E-state index >= 15 is 0 Å². The molecule has 0 aliphatic heterocycles. The van der Waals surface area contributed by atoms with Gasteiger partial charge in [-0.25, -0.2) is 14.2 Å². The number of hydrogen-bond acceptors (Lipinski definition) is 2. The molecule has 0 aliphatic carbocycles. The second kappa shape index (κ2) is 4.11.